The smallest absolute Gasteiger partial charge is 0.0895 e. The van der Waals surface area contributed by atoms with Crippen LogP contribution in [0.3, 0.4) is 0 Å². The Kier molecular flexibility index (Phi) is 5.52. The van der Waals surface area contributed by atoms with Crippen LogP contribution in [-0.4, -0.2) is 29.5 Å². The lowest BCUT2D eigenvalue weighted by Crippen LogP contribution is -2.31. The lowest BCUT2D eigenvalue weighted by Gasteiger charge is -2.16. The summed E-state index contributed by atoms with van der Waals surface area (Å²) in [5, 5.41) is 21.0. The van der Waals surface area contributed by atoms with E-state index in [1.165, 1.54) is 9.13 Å². The molecule has 0 fully saturated rings. The summed E-state index contributed by atoms with van der Waals surface area (Å²) in [6.07, 6.45) is -0.684. The molecule has 15 heavy (non-hydrogen) atoms. The van der Waals surface area contributed by atoms with Crippen molar-refractivity contribution in [2.45, 2.75) is 19.1 Å². The molecule has 0 aromatic heterocycles. The van der Waals surface area contributed by atoms with E-state index in [0.717, 1.165) is 0 Å². The zero-order valence-electron chi connectivity index (χ0n) is 8.65. The van der Waals surface area contributed by atoms with Crippen LogP contribution in [0.4, 0.5) is 0 Å². The van der Waals surface area contributed by atoms with Gasteiger partial charge in [-0.05, 0) is 47.2 Å². The molecule has 2 unspecified atom stereocenters. The van der Waals surface area contributed by atoms with Crippen molar-refractivity contribution in [1.29, 1.82) is 0 Å². The van der Waals surface area contributed by atoms with Crippen LogP contribution in [0.25, 0.3) is 0 Å². The highest BCUT2D eigenvalue weighted by Gasteiger charge is 2.07. The molecule has 3 nitrogen and oxygen atoms in total. The van der Waals surface area contributed by atoms with E-state index >= 15 is 0 Å². The maximum Gasteiger partial charge on any atom is 0.0895 e. The molecule has 0 aliphatic rings. The van der Waals surface area contributed by atoms with Gasteiger partial charge in [-0.3, -0.25) is 0 Å². The molecule has 1 aromatic carbocycles. The third-order valence-electron chi connectivity index (χ3n) is 2.24. The fourth-order valence-electron chi connectivity index (χ4n) is 1.25. The standard InChI is InChI=1S/C11H16INO2/c1-8(13-6-11(15)7-14)9-2-4-10(12)5-3-9/h2-5,8,11,13-15H,6-7H2,1H3. The molecule has 84 valence electrons. The second-order valence-corrected chi connectivity index (χ2v) is 4.76. The number of aliphatic hydroxyl groups is 2. The van der Waals surface area contributed by atoms with E-state index in [0.29, 0.717) is 6.54 Å². The van der Waals surface area contributed by atoms with Crippen LogP contribution in [-0.2, 0) is 0 Å². The van der Waals surface area contributed by atoms with Crippen LogP contribution in [0.15, 0.2) is 24.3 Å². The Hall–Kier alpha value is -0.170. The number of nitrogens with one attached hydrogen (secondary N) is 1. The zero-order chi connectivity index (χ0) is 11.3. The summed E-state index contributed by atoms with van der Waals surface area (Å²) < 4.78 is 1.21. The van der Waals surface area contributed by atoms with Crippen molar-refractivity contribution >= 4 is 22.6 Å². The van der Waals surface area contributed by atoms with Crippen molar-refractivity contribution in [2.75, 3.05) is 13.2 Å². The molecular weight excluding hydrogens is 305 g/mol. The lowest BCUT2D eigenvalue weighted by atomic mass is 10.1. The number of aliphatic hydroxyl groups excluding tert-OH is 2. The number of hydrogen-bond donors (Lipinski definition) is 3. The van der Waals surface area contributed by atoms with Gasteiger partial charge in [-0.2, -0.15) is 0 Å². The summed E-state index contributed by atoms with van der Waals surface area (Å²) in [7, 11) is 0. The first-order valence-electron chi connectivity index (χ1n) is 4.91. The van der Waals surface area contributed by atoms with Gasteiger partial charge < -0.3 is 15.5 Å². The zero-order valence-corrected chi connectivity index (χ0v) is 10.8. The van der Waals surface area contributed by atoms with Gasteiger partial charge in [0.2, 0.25) is 0 Å². The minimum atomic E-state index is -0.684. The molecule has 0 spiro atoms. The maximum atomic E-state index is 9.18. The summed E-state index contributed by atoms with van der Waals surface area (Å²) in [6, 6.07) is 8.41. The molecule has 2 atom stereocenters. The average molecular weight is 321 g/mol. The summed E-state index contributed by atoms with van der Waals surface area (Å²) >= 11 is 2.26. The first kappa shape index (κ1) is 12.9. The van der Waals surface area contributed by atoms with Gasteiger partial charge in [-0.25, -0.2) is 0 Å². The van der Waals surface area contributed by atoms with Crippen LogP contribution >= 0.6 is 22.6 Å². The van der Waals surface area contributed by atoms with E-state index in [-0.39, 0.29) is 12.6 Å². The molecule has 1 aromatic rings. The molecule has 0 aliphatic carbocycles. The Morgan fingerprint density at radius 1 is 1.33 bits per heavy atom. The largest absolute Gasteiger partial charge is 0.394 e. The Morgan fingerprint density at radius 3 is 2.47 bits per heavy atom. The molecule has 0 aliphatic heterocycles. The minimum absolute atomic E-state index is 0.184. The maximum absolute atomic E-state index is 9.18. The molecule has 0 saturated carbocycles. The van der Waals surface area contributed by atoms with E-state index in [9.17, 15) is 5.11 Å². The SMILES string of the molecule is CC(NCC(O)CO)c1ccc(I)cc1. The molecule has 0 heterocycles. The van der Waals surface area contributed by atoms with E-state index < -0.39 is 6.10 Å². The number of hydrogen-bond acceptors (Lipinski definition) is 3. The summed E-state index contributed by atoms with van der Waals surface area (Å²) in [5.41, 5.74) is 1.18. The van der Waals surface area contributed by atoms with Gasteiger partial charge in [-0.1, -0.05) is 12.1 Å². The quantitative estimate of drug-likeness (QED) is 0.717. The minimum Gasteiger partial charge on any atom is -0.394 e. The van der Waals surface area contributed by atoms with Gasteiger partial charge in [-0.15, -0.1) is 0 Å². The second kappa shape index (κ2) is 6.42. The highest BCUT2D eigenvalue weighted by molar-refractivity contribution is 14.1. The van der Waals surface area contributed by atoms with Crippen molar-refractivity contribution in [3.63, 3.8) is 0 Å². The Morgan fingerprint density at radius 2 is 1.93 bits per heavy atom. The van der Waals surface area contributed by atoms with Gasteiger partial charge in [0.25, 0.3) is 0 Å². The van der Waals surface area contributed by atoms with Gasteiger partial charge >= 0.3 is 0 Å². The van der Waals surface area contributed by atoms with Crippen molar-refractivity contribution in [1.82, 2.24) is 5.32 Å². The van der Waals surface area contributed by atoms with Crippen LogP contribution in [0.1, 0.15) is 18.5 Å². The molecular formula is C11H16INO2. The van der Waals surface area contributed by atoms with E-state index in [2.05, 4.69) is 52.2 Å². The van der Waals surface area contributed by atoms with Crippen LogP contribution in [0, 0.1) is 3.57 Å². The van der Waals surface area contributed by atoms with Crippen molar-refractivity contribution in [2.24, 2.45) is 0 Å². The molecule has 0 radical (unpaired) electrons. The fraction of sp³-hybridized carbons (Fsp3) is 0.455. The van der Waals surface area contributed by atoms with Gasteiger partial charge in [0.15, 0.2) is 0 Å². The normalized spacial score (nSPS) is 14.9. The molecule has 0 bridgehead atoms. The molecule has 3 N–H and O–H groups in total. The first-order valence-corrected chi connectivity index (χ1v) is 5.99. The van der Waals surface area contributed by atoms with E-state index in [1.54, 1.807) is 0 Å². The molecule has 0 amide bonds. The Balaban J connectivity index is 2.46. The lowest BCUT2D eigenvalue weighted by molar-refractivity contribution is 0.0924. The Bertz CT molecular complexity index is 289. The number of halogens is 1. The van der Waals surface area contributed by atoms with Crippen molar-refractivity contribution in [3.8, 4) is 0 Å². The topological polar surface area (TPSA) is 52.5 Å². The Labute approximate surface area is 104 Å². The summed E-state index contributed by atoms with van der Waals surface area (Å²) in [4.78, 5) is 0. The van der Waals surface area contributed by atoms with E-state index in [1.807, 2.05) is 6.92 Å². The second-order valence-electron chi connectivity index (χ2n) is 3.52. The third kappa shape index (κ3) is 4.46. The predicted octanol–water partition coefficient (Wildman–Crippen LogP) is 1.29. The summed E-state index contributed by atoms with van der Waals surface area (Å²) in [6.45, 7) is 2.24. The van der Waals surface area contributed by atoms with Crippen molar-refractivity contribution in [3.05, 3.63) is 33.4 Å². The average Bonchev–Trinajstić information content (AvgIpc) is 2.26. The fourth-order valence-corrected chi connectivity index (χ4v) is 1.61. The highest BCUT2D eigenvalue weighted by atomic mass is 127. The third-order valence-corrected chi connectivity index (χ3v) is 2.96. The highest BCUT2D eigenvalue weighted by Crippen LogP contribution is 2.14. The van der Waals surface area contributed by atoms with Crippen LogP contribution in [0.2, 0.25) is 0 Å². The van der Waals surface area contributed by atoms with E-state index in [4.69, 9.17) is 5.11 Å². The molecule has 4 heteroatoms. The molecule has 0 saturated heterocycles. The number of rotatable bonds is 5. The molecule has 1 rings (SSSR count). The van der Waals surface area contributed by atoms with Crippen molar-refractivity contribution < 1.29 is 10.2 Å². The number of benzene rings is 1. The predicted molar refractivity (Wildman–Crippen MR) is 68.7 cm³/mol. The van der Waals surface area contributed by atoms with Gasteiger partial charge in [0.1, 0.15) is 0 Å². The summed E-state index contributed by atoms with van der Waals surface area (Å²) in [5.74, 6) is 0. The monoisotopic (exact) mass is 321 g/mol. The van der Waals surface area contributed by atoms with Gasteiger partial charge in [0.05, 0.1) is 12.7 Å². The van der Waals surface area contributed by atoms with Crippen LogP contribution in [0.5, 0.6) is 0 Å². The van der Waals surface area contributed by atoms with Gasteiger partial charge in [0, 0.05) is 16.2 Å². The first-order chi connectivity index (χ1) is 7.13. The van der Waals surface area contributed by atoms with Crippen LogP contribution < -0.4 is 5.32 Å².